The first-order chi connectivity index (χ1) is 12.7. The molecule has 0 amide bonds. The maximum Gasteiger partial charge on any atom is 0.312 e. The number of dihydropyridines is 1. The number of rotatable bonds is 2. The third-order valence-electron chi connectivity index (χ3n) is 5.54. The first kappa shape index (κ1) is 18.6. The number of allylic oxidation sites excluding steroid dienone is 4. The molecule has 0 bridgehead atoms. The van der Waals surface area contributed by atoms with Gasteiger partial charge in [-0.1, -0.05) is 29.8 Å². The minimum absolute atomic E-state index is 0.0438. The average molecular weight is 451 g/mol. The molecule has 2 N–H and O–H groups in total. The smallest absolute Gasteiger partial charge is 0.312 e. The van der Waals surface area contributed by atoms with E-state index in [-0.39, 0.29) is 17.2 Å². The molecule has 0 radical (unpaired) electrons. The first-order valence-corrected chi connectivity index (χ1v) is 10.6. The maximum absolute atomic E-state index is 13.3. The SMILES string of the molecule is CC1(C)CCC2=C(C1=O)C(c1cc(Br)cc([N+](=O)[O-])c1O)C1=C(CCS1)N2. The molecule has 0 saturated carbocycles. The number of halogens is 1. The van der Waals surface area contributed by atoms with Crippen LogP contribution in [0.5, 0.6) is 5.75 Å². The van der Waals surface area contributed by atoms with Gasteiger partial charge in [0.1, 0.15) is 0 Å². The van der Waals surface area contributed by atoms with E-state index >= 15 is 0 Å². The zero-order valence-corrected chi connectivity index (χ0v) is 17.4. The van der Waals surface area contributed by atoms with Crippen molar-refractivity contribution in [3.05, 3.63) is 54.2 Å². The molecule has 142 valence electrons. The predicted octanol–water partition coefficient (Wildman–Crippen LogP) is 4.74. The number of nitrogens with one attached hydrogen (secondary N) is 1. The topological polar surface area (TPSA) is 92.5 Å². The van der Waals surface area contributed by atoms with E-state index in [1.165, 1.54) is 6.07 Å². The summed E-state index contributed by atoms with van der Waals surface area (Å²) in [4.78, 5) is 25.1. The van der Waals surface area contributed by atoms with Gasteiger partial charge in [0, 0.05) is 49.1 Å². The summed E-state index contributed by atoms with van der Waals surface area (Å²) in [5.41, 5.74) is 2.17. The third kappa shape index (κ3) is 2.89. The van der Waals surface area contributed by atoms with Gasteiger partial charge in [-0.2, -0.15) is 0 Å². The maximum atomic E-state index is 13.3. The largest absolute Gasteiger partial charge is 0.502 e. The fourth-order valence-corrected chi connectivity index (χ4v) is 5.78. The number of carbonyl (C=O) groups excluding carboxylic acids is 1. The number of ketones is 1. The normalized spacial score (nSPS) is 23.8. The number of phenolic OH excluding ortho intramolecular Hbond substituents is 1. The molecule has 1 aliphatic carbocycles. The summed E-state index contributed by atoms with van der Waals surface area (Å²) in [6, 6.07) is 2.99. The van der Waals surface area contributed by atoms with Crippen LogP contribution < -0.4 is 5.32 Å². The fraction of sp³-hybridized carbons (Fsp3) is 0.421. The van der Waals surface area contributed by atoms with Gasteiger partial charge in [-0.25, -0.2) is 0 Å². The Morgan fingerprint density at radius 1 is 1.33 bits per heavy atom. The van der Waals surface area contributed by atoms with Gasteiger partial charge in [-0.05, 0) is 25.3 Å². The van der Waals surface area contributed by atoms with Crippen LogP contribution in [0, 0.1) is 15.5 Å². The Morgan fingerprint density at radius 2 is 2.07 bits per heavy atom. The summed E-state index contributed by atoms with van der Waals surface area (Å²) in [7, 11) is 0. The molecule has 1 atom stereocenters. The van der Waals surface area contributed by atoms with E-state index in [0.29, 0.717) is 15.6 Å². The van der Waals surface area contributed by atoms with Gasteiger partial charge >= 0.3 is 5.69 Å². The molecule has 8 heteroatoms. The quantitative estimate of drug-likeness (QED) is 0.499. The Bertz CT molecular complexity index is 951. The minimum atomic E-state index is -0.594. The molecular weight excluding hydrogens is 432 g/mol. The van der Waals surface area contributed by atoms with E-state index in [0.717, 1.165) is 41.3 Å². The fourth-order valence-electron chi connectivity index (χ4n) is 4.05. The number of hydrogen-bond acceptors (Lipinski definition) is 6. The molecule has 2 heterocycles. The molecule has 4 rings (SSSR count). The Labute approximate surface area is 169 Å². The molecule has 0 saturated heterocycles. The lowest BCUT2D eigenvalue weighted by atomic mass is 9.69. The van der Waals surface area contributed by atoms with Crippen molar-refractivity contribution in [1.82, 2.24) is 5.32 Å². The molecule has 1 aromatic carbocycles. The van der Waals surface area contributed by atoms with Crippen molar-refractivity contribution in [2.75, 3.05) is 5.75 Å². The van der Waals surface area contributed by atoms with Gasteiger partial charge < -0.3 is 10.4 Å². The molecule has 27 heavy (non-hydrogen) atoms. The van der Waals surface area contributed by atoms with Crippen molar-refractivity contribution in [1.29, 1.82) is 0 Å². The standard InChI is InChI=1S/C19H19BrN2O4S/c1-19(2)5-3-11-15(18(19)24)14(17-12(21-11)4-6-27-17)10-7-9(20)8-13(16(10)23)22(25)26/h7-8,14,21,23H,3-6H2,1-2H3. The lowest BCUT2D eigenvalue weighted by Gasteiger charge is -2.39. The zero-order valence-electron chi connectivity index (χ0n) is 15.0. The van der Waals surface area contributed by atoms with Crippen molar-refractivity contribution in [3.8, 4) is 5.75 Å². The van der Waals surface area contributed by atoms with Crippen LogP contribution >= 0.6 is 27.7 Å². The lowest BCUT2D eigenvalue weighted by Crippen LogP contribution is -2.38. The van der Waals surface area contributed by atoms with Crippen LogP contribution in [0.3, 0.4) is 0 Å². The van der Waals surface area contributed by atoms with Gasteiger partial charge in [-0.3, -0.25) is 14.9 Å². The summed E-state index contributed by atoms with van der Waals surface area (Å²) >= 11 is 4.98. The average Bonchev–Trinajstić information content (AvgIpc) is 3.06. The van der Waals surface area contributed by atoms with Crippen LogP contribution in [-0.2, 0) is 4.79 Å². The van der Waals surface area contributed by atoms with E-state index < -0.39 is 16.3 Å². The van der Waals surface area contributed by atoms with E-state index in [2.05, 4.69) is 21.2 Å². The van der Waals surface area contributed by atoms with Crippen molar-refractivity contribution >= 4 is 39.2 Å². The number of thioether (sulfide) groups is 1. The number of Topliss-reactive ketones (excluding diaryl/α,β-unsaturated/α-hetero) is 1. The molecule has 1 aromatic rings. The molecule has 0 spiro atoms. The van der Waals surface area contributed by atoms with Gasteiger partial charge in [0.05, 0.1) is 10.8 Å². The summed E-state index contributed by atoms with van der Waals surface area (Å²) in [5, 5.41) is 25.6. The van der Waals surface area contributed by atoms with Gasteiger partial charge in [0.25, 0.3) is 0 Å². The second-order valence-corrected chi connectivity index (χ2v) is 9.78. The molecule has 1 unspecified atom stereocenters. The van der Waals surface area contributed by atoms with Gasteiger partial charge in [0.2, 0.25) is 0 Å². The van der Waals surface area contributed by atoms with Crippen LogP contribution in [0.25, 0.3) is 0 Å². The summed E-state index contributed by atoms with van der Waals surface area (Å²) in [5.74, 6) is 0.107. The summed E-state index contributed by atoms with van der Waals surface area (Å²) in [6.07, 6.45) is 2.37. The Morgan fingerprint density at radius 3 is 2.78 bits per heavy atom. The number of hydrogen-bond donors (Lipinski definition) is 2. The molecule has 0 fully saturated rings. The van der Waals surface area contributed by atoms with Gasteiger partial charge in [-0.15, -0.1) is 11.8 Å². The molecule has 3 aliphatic rings. The van der Waals surface area contributed by atoms with Crippen LogP contribution in [0.15, 0.2) is 38.5 Å². The Hall–Kier alpha value is -1.80. The van der Waals surface area contributed by atoms with E-state index in [4.69, 9.17) is 0 Å². The zero-order chi connectivity index (χ0) is 19.5. The van der Waals surface area contributed by atoms with Crippen LogP contribution in [-0.4, -0.2) is 21.6 Å². The van der Waals surface area contributed by atoms with E-state index in [1.807, 2.05) is 13.8 Å². The highest BCUT2D eigenvalue weighted by atomic mass is 79.9. The highest BCUT2D eigenvalue weighted by molar-refractivity contribution is 9.10. The molecule has 6 nitrogen and oxygen atoms in total. The number of carbonyl (C=O) groups is 1. The number of nitrogens with zero attached hydrogens (tertiary/aromatic N) is 1. The number of benzene rings is 1. The number of phenols is 1. The summed E-state index contributed by atoms with van der Waals surface area (Å²) in [6.45, 7) is 3.87. The number of nitro groups is 1. The van der Waals surface area contributed by atoms with Crippen molar-refractivity contribution in [3.63, 3.8) is 0 Å². The first-order valence-electron chi connectivity index (χ1n) is 8.78. The molecule has 0 aromatic heterocycles. The van der Waals surface area contributed by atoms with Gasteiger partial charge in [0.15, 0.2) is 11.5 Å². The highest BCUT2D eigenvalue weighted by Crippen LogP contribution is 2.55. The monoisotopic (exact) mass is 450 g/mol. The van der Waals surface area contributed by atoms with Crippen LogP contribution in [0.1, 0.15) is 44.6 Å². The lowest BCUT2D eigenvalue weighted by molar-refractivity contribution is -0.386. The van der Waals surface area contributed by atoms with Crippen molar-refractivity contribution in [2.45, 2.75) is 39.0 Å². The highest BCUT2D eigenvalue weighted by Gasteiger charge is 2.46. The van der Waals surface area contributed by atoms with Crippen LogP contribution in [0.2, 0.25) is 0 Å². The third-order valence-corrected chi connectivity index (χ3v) is 7.20. The summed E-state index contributed by atoms with van der Waals surface area (Å²) < 4.78 is 0.510. The van der Waals surface area contributed by atoms with Crippen molar-refractivity contribution in [2.24, 2.45) is 5.41 Å². The molecular formula is C19H19BrN2O4S. The second-order valence-electron chi connectivity index (χ2n) is 7.72. The Balaban J connectivity index is 1.96. The van der Waals surface area contributed by atoms with E-state index in [9.17, 15) is 20.0 Å². The minimum Gasteiger partial charge on any atom is -0.502 e. The Kier molecular flexibility index (Phi) is 4.38. The van der Waals surface area contributed by atoms with E-state index in [1.54, 1.807) is 17.8 Å². The molecule has 2 aliphatic heterocycles. The number of aromatic hydroxyl groups is 1. The predicted molar refractivity (Wildman–Crippen MR) is 107 cm³/mol. The van der Waals surface area contributed by atoms with Crippen LogP contribution in [0.4, 0.5) is 5.69 Å². The number of nitro benzene ring substituents is 1. The second kappa shape index (κ2) is 6.38. The van der Waals surface area contributed by atoms with Crippen molar-refractivity contribution < 1.29 is 14.8 Å².